The Morgan fingerprint density at radius 1 is 0.966 bits per heavy atom. The van der Waals surface area contributed by atoms with Crippen LogP contribution in [0.25, 0.3) is 17.1 Å². The van der Waals surface area contributed by atoms with Gasteiger partial charge in [-0.05, 0) is 30.7 Å². The minimum Gasteiger partial charge on any atom is -0.497 e. The molecule has 1 amide bonds. The molecule has 0 aliphatic rings. The second kappa shape index (κ2) is 7.98. The van der Waals surface area contributed by atoms with Crippen molar-refractivity contribution in [2.24, 2.45) is 0 Å². The molecule has 0 atom stereocenters. The summed E-state index contributed by atoms with van der Waals surface area (Å²) in [4.78, 5) is 17.4. The van der Waals surface area contributed by atoms with Gasteiger partial charge >= 0.3 is 0 Å². The maximum atomic E-state index is 12.8. The summed E-state index contributed by atoms with van der Waals surface area (Å²) in [6, 6.07) is 24.7. The Labute approximate surface area is 168 Å². The quantitative estimate of drug-likeness (QED) is 0.550. The first-order chi connectivity index (χ1) is 14.2. The van der Waals surface area contributed by atoms with Crippen molar-refractivity contribution < 1.29 is 9.53 Å². The van der Waals surface area contributed by atoms with E-state index in [1.54, 1.807) is 23.9 Å². The topological polar surface area (TPSA) is 69.0 Å². The Kier molecular flexibility index (Phi) is 5.07. The zero-order valence-electron chi connectivity index (χ0n) is 16.2. The Hall–Kier alpha value is -3.93. The van der Waals surface area contributed by atoms with Crippen LogP contribution in [0.15, 0.2) is 78.9 Å². The zero-order chi connectivity index (χ0) is 20.2. The number of nitrogens with zero attached hydrogens (tertiary/aromatic N) is 3. The molecule has 0 aliphatic heterocycles. The summed E-state index contributed by atoms with van der Waals surface area (Å²) >= 11 is 0. The predicted octanol–water partition coefficient (Wildman–Crippen LogP) is 4.50. The number of aromatic nitrogens is 3. The number of carbonyl (C=O) groups excluding carboxylic acids is 1. The normalized spacial score (nSPS) is 10.6. The lowest BCUT2D eigenvalue weighted by Crippen LogP contribution is -2.14. The summed E-state index contributed by atoms with van der Waals surface area (Å²) in [7, 11) is 1.58. The molecule has 0 radical (unpaired) electrons. The van der Waals surface area contributed by atoms with Gasteiger partial charge in [-0.15, -0.1) is 5.10 Å². The van der Waals surface area contributed by atoms with Gasteiger partial charge in [0.05, 0.1) is 12.8 Å². The third-order valence-corrected chi connectivity index (χ3v) is 4.51. The molecule has 0 aliphatic carbocycles. The molecule has 29 heavy (non-hydrogen) atoms. The molecule has 0 saturated heterocycles. The summed E-state index contributed by atoms with van der Waals surface area (Å²) in [5, 5.41) is 7.35. The van der Waals surface area contributed by atoms with E-state index in [0.717, 1.165) is 16.8 Å². The number of para-hydroxylation sites is 1. The number of rotatable bonds is 5. The number of methoxy groups -OCH3 is 1. The fourth-order valence-electron chi connectivity index (χ4n) is 3.04. The molecule has 4 aromatic rings. The molecule has 144 valence electrons. The van der Waals surface area contributed by atoms with Crippen LogP contribution in [-0.4, -0.2) is 27.8 Å². The second-order valence-corrected chi connectivity index (χ2v) is 6.51. The summed E-state index contributed by atoms with van der Waals surface area (Å²) in [5.74, 6) is 0.972. The molecule has 0 spiro atoms. The molecule has 1 heterocycles. The Morgan fingerprint density at radius 2 is 1.72 bits per heavy atom. The molecular formula is C23H20N4O2. The van der Waals surface area contributed by atoms with Crippen LogP contribution >= 0.6 is 0 Å². The third-order valence-electron chi connectivity index (χ3n) is 4.51. The van der Waals surface area contributed by atoms with Crippen LogP contribution in [0.2, 0.25) is 0 Å². The lowest BCUT2D eigenvalue weighted by molar-refractivity contribution is 0.101. The van der Waals surface area contributed by atoms with Gasteiger partial charge in [-0.3, -0.25) is 4.79 Å². The van der Waals surface area contributed by atoms with E-state index in [1.807, 2.05) is 73.7 Å². The maximum absolute atomic E-state index is 12.8. The molecule has 1 aromatic heterocycles. The van der Waals surface area contributed by atoms with Gasteiger partial charge < -0.3 is 10.1 Å². The number of hydrogen-bond donors (Lipinski definition) is 1. The smallest absolute Gasteiger partial charge is 0.295 e. The van der Waals surface area contributed by atoms with Crippen molar-refractivity contribution in [2.45, 2.75) is 6.92 Å². The highest BCUT2D eigenvalue weighted by Crippen LogP contribution is 2.23. The lowest BCUT2D eigenvalue weighted by atomic mass is 10.2. The average molecular weight is 384 g/mol. The average Bonchev–Trinajstić information content (AvgIpc) is 3.20. The molecule has 0 fully saturated rings. The highest BCUT2D eigenvalue weighted by molar-refractivity contribution is 6.02. The van der Waals surface area contributed by atoms with Crippen LogP contribution in [0, 0.1) is 6.92 Å². The van der Waals surface area contributed by atoms with Crippen LogP contribution in [0.4, 0.5) is 5.69 Å². The van der Waals surface area contributed by atoms with E-state index in [2.05, 4.69) is 15.4 Å². The van der Waals surface area contributed by atoms with Crippen molar-refractivity contribution in [3.63, 3.8) is 0 Å². The molecular weight excluding hydrogens is 364 g/mol. The van der Waals surface area contributed by atoms with Crippen molar-refractivity contribution >= 4 is 11.6 Å². The van der Waals surface area contributed by atoms with Crippen molar-refractivity contribution in [1.82, 2.24) is 14.8 Å². The number of nitrogens with one attached hydrogen (secondary N) is 1. The van der Waals surface area contributed by atoms with Crippen LogP contribution < -0.4 is 10.1 Å². The van der Waals surface area contributed by atoms with E-state index in [9.17, 15) is 4.79 Å². The fraction of sp³-hybridized carbons (Fsp3) is 0.0870. The van der Waals surface area contributed by atoms with Crippen molar-refractivity contribution in [3.05, 3.63) is 90.3 Å². The van der Waals surface area contributed by atoms with Gasteiger partial charge in [-0.2, -0.15) is 0 Å². The van der Waals surface area contributed by atoms with Crippen LogP contribution in [0.1, 0.15) is 16.2 Å². The van der Waals surface area contributed by atoms with Gasteiger partial charge in [0.1, 0.15) is 5.75 Å². The number of aryl methyl sites for hydroxylation is 1. The monoisotopic (exact) mass is 384 g/mol. The number of carbonyl (C=O) groups is 1. The van der Waals surface area contributed by atoms with Crippen LogP contribution in [0.3, 0.4) is 0 Å². The molecule has 6 nitrogen and oxygen atoms in total. The molecule has 4 rings (SSSR count). The minimum absolute atomic E-state index is 0.0925. The van der Waals surface area contributed by atoms with Crippen LogP contribution in [-0.2, 0) is 0 Å². The van der Waals surface area contributed by atoms with Gasteiger partial charge in [0.15, 0.2) is 5.82 Å². The van der Waals surface area contributed by atoms with Crippen molar-refractivity contribution in [1.29, 1.82) is 0 Å². The summed E-state index contributed by atoms with van der Waals surface area (Å²) in [6.07, 6.45) is 0. The second-order valence-electron chi connectivity index (χ2n) is 6.51. The summed E-state index contributed by atoms with van der Waals surface area (Å²) in [6.45, 7) is 2.00. The van der Waals surface area contributed by atoms with Gasteiger partial charge in [0.2, 0.25) is 5.82 Å². The van der Waals surface area contributed by atoms with Gasteiger partial charge in [0, 0.05) is 17.3 Å². The Balaban J connectivity index is 1.75. The number of ether oxygens (including phenoxy) is 1. The lowest BCUT2D eigenvalue weighted by Gasteiger charge is -2.08. The highest BCUT2D eigenvalue weighted by Gasteiger charge is 2.19. The number of hydrogen-bond acceptors (Lipinski definition) is 4. The van der Waals surface area contributed by atoms with E-state index < -0.39 is 0 Å². The van der Waals surface area contributed by atoms with E-state index in [4.69, 9.17) is 4.74 Å². The molecule has 6 heteroatoms. The first kappa shape index (κ1) is 18.4. The van der Waals surface area contributed by atoms with Gasteiger partial charge in [-0.1, -0.05) is 54.6 Å². The number of amides is 1. The maximum Gasteiger partial charge on any atom is 0.295 e. The van der Waals surface area contributed by atoms with Crippen LogP contribution in [0.5, 0.6) is 5.75 Å². The Morgan fingerprint density at radius 3 is 2.48 bits per heavy atom. The standard InChI is InChI=1S/C23H20N4O2/c1-16-9-6-7-14-20(16)27-22(17-10-4-3-5-11-17)25-21(26-27)23(28)24-18-12-8-13-19(15-18)29-2/h3-15H,1-2H3,(H,24,28). The first-order valence-corrected chi connectivity index (χ1v) is 9.19. The SMILES string of the molecule is COc1cccc(NC(=O)c2nc(-c3ccccc3)n(-c3ccccc3C)n2)c1. The van der Waals surface area contributed by atoms with E-state index in [0.29, 0.717) is 17.3 Å². The first-order valence-electron chi connectivity index (χ1n) is 9.19. The van der Waals surface area contributed by atoms with E-state index in [1.165, 1.54) is 0 Å². The van der Waals surface area contributed by atoms with E-state index in [-0.39, 0.29) is 11.7 Å². The largest absolute Gasteiger partial charge is 0.497 e. The zero-order valence-corrected chi connectivity index (χ0v) is 16.2. The number of anilines is 1. The molecule has 3 aromatic carbocycles. The highest BCUT2D eigenvalue weighted by atomic mass is 16.5. The molecule has 1 N–H and O–H groups in total. The van der Waals surface area contributed by atoms with Crippen molar-refractivity contribution in [2.75, 3.05) is 12.4 Å². The van der Waals surface area contributed by atoms with Crippen molar-refractivity contribution in [3.8, 4) is 22.8 Å². The number of benzene rings is 3. The summed E-state index contributed by atoms with van der Waals surface area (Å²) in [5.41, 5.74) is 3.40. The van der Waals surface area contributed by atoms with E-state index >= 15 is 0 Å². The van der Waals surface area contributed by atoms with Gasteiger partial charge in [0.25, 0.3) is 5.91 Å². The predicted molar refractivity (Wildman–Crippen MR) is 112 cm³/mol. The fourth-order valence-corrected chi connectivity index (χ4v) is 3.04. The molecule has 0 saturated carbocycles. The third kappa shape index (κ3) is 3.87. The molecule has 0 unspecified atom stereocenters. The molecule has 0 bridgehead atoms. The Bertz CT molecular complexity index is 1150. The minimum atomic E-state index is -0.386. The summed E-state index contributed by atoms with van der Waals surface area (Å²) < 4.78 is 6.92. The van der Waals surface area contributed by atoms with Gasteiger partial charge in [-0.25, -0.2) is 9.67 Å².